The van der Waals surface area contributed by atoms with Gasteiger partial charge in [-0.25, -0.2) is 0 Å². The lowest BCUT2D eigenvalue weighted by Crippen LogP contribution is -2.59. The van der Waals surface area contributed by atoms with E-state index in [1.54, 1.807) is 0 Å². The van der Waals surface area contributed by atoms with Gasteiger partial charge in [-0.2, -0.15) is 0 Å². The fourth-order valence-electron chi connectivity index (χ4n) is 3.00. The van der Waals surface area contributed by atoms with Gasteiger partial charge in [0, 0.05) is 18.9 Å². The van der Waals surface area contributed by atoms with Crippen LogP contribution < -0.4 is 0 Å². The second-order valence-electron chi connectivity index (χ2n) is 4.57. The number of piperidine rings is 3. The van der Waals surface area contributed by atoms with Crippen LogP contribution in [0.3, 0.4) is 0 Å². The molecule has 4 aliphatic heterocycles. The lowest BCUT2D eigenvalue weighted by Gasteiger charge is -2.49. The van der Waals surface area contributed by atoms with Gasteiger partial charge in [0.05, 0.1) is 0 Å². The van der Waals surface area contributed by atoms with Crippen molar-refractivity contribution in [1.29, 1.82) is 0 Å². The first kappa shape index (κ1) is 8.31. The maximum absolute atomic E-state index is 5.62. The molecular weight excluding hydrogens is 176 g/mol. The minimum absolute atomic E-state index is 0.0573. The van der Waals surface area contributed by atoms with E-state index in [-0.39, 0.29) is 5.60 Å². The molecule has 3 saturated heterocycles. The summed E-state index contributed by atoms with van der Waals surface area (Å²) in [7, 11) is 0. The Labute approximate surface area is 84.1 Å². The van der Waals surface area contributed by atoms with Crippen molar-refractivity contribution < 1.29 is 4.84 Å². The Morgan fingerprint density at radius 3 is 2.79 bits per heavy atom. The first-order valence-electron chi connectivity index (χ1n) is 5.26. The van der Waals surface area contributed by atoms with E-state index in [1.807, 2.05) is 0 Å². The Balaban J connectivity index is 1.84. The second kappa shape index (κ2) is 2.74. The summed E-state index contributed by atoms with van der Waals surface area (Å²) in [6.45, 7) is 3.47. The Hall–Kier alpha value is -1.01. The predicted molar refractivity (Wildman–Crippen MR) is 53.9 cm³/mol. The van der Waals surface area contributed by atoms with Gasteiger partial charge in [0.25, 0.3) is 0 Å². The lowest BCUT2D eigenvalue weighted by molar-refractivity contribution is -0.136. The molecule has 0 aromatic heterocycles. The zero-order valence-electron chi connectivity index (χ0n) is 8.20. The number of oxime groups is 1. The summed E-state index contributed by atoms with van der Waals surface area (Å²) in [5.41, 5.74) is 0.733. The number of fused-ring (bicyclic) bond motifs is 2. The maximum Gasteiger partial charge on any atom is 0.159 e. The molecule has 3 nitrogen and oxygen atoms in total. The number of terminal acetylenes is 1. The zero-order chi connectivity index (χ0) is 9.60. The van der Waals surface area contributed by atoms with Crippen molar-refractivity contribution in [3.63, 3.8) is 0 Å². The summed E-state index contributed by atoms with van der Waals surface area (Å²) in [4.78, 5) is 8.09. The average Bonchev–Trinajstić information content (AvgIpc) is 2.63. The van der Waals surface area contributed by atoms with Crippen LogP contribution in [0.4, 0.5) is 0 Å². The molecule has 0 radical (unpaired) electrons. The van der Waals surface area contributed by atoms with Gasteiger partial charge in [0.1, 0.15) is 5.71 Å². The summed E-state index contributed by atoms with van der Waals surface area (Å²) >= 11 is 0. The number of hydrogen-bond donors (Lipinski definition) is 0. The molecule has 4 rings (SSSR count). The fraction of sp³-hybridized carbons (Fsp3) is 0.727. The zero-order valence-corrected chi connectivity index (χ0v) is 8.20. The molecule has 3 fully saturated rings. The molecule has 4 aliphatic rings. The second-order valence-corrected chi connectivity index (χ2v) is 4.57. The van der Waals surface area contributed by atoms with Crippen molar-refractivity contribution in [2.24, 2.45) is 11.1 Å². The average molecular weight is 190 g/mol. The predicted octanol–water partition coefficient (Wildman–Crippen LogP) is 0.860. The van der Waals surface area contributed by atoms with E-state index < -0.39 is 0 Å². The van der Waals surface area contributed by atoms with Gasteiger partial charge in [0.2, 0.25) is 0 Å². The van der Waals surface area contributed by atoms with E-state index in [0.29, 0.717) is 5.92 Å². The summed E-state index contributed by atoms with van der Waals surface area (Å²) in [6.07, 6.45) is 8.69. The molecule has 1 spiro atoms. The standard InChI is InChI=1S/C11H14N2O/c1-2-10-7-11(14-12-10)8-13-5-3-9(11)4-6-13/h1,9H,3-8H2. The largest absolute Gasteiger partial charge is 0.386 e. The van der Waals surface area contributed by atoms with Crippen molar-refractivity contribution in [3.05, 3.63) is 0 Å². The van der Waals surface area contributed by atoms with Gasteiger partial charge in [-0.3, -0.25) is 4.90 Å². The highest BCUT2D eigenvalue weighted by Gasteiger charge is 2.52. The normalized spacial score (nSPS) is 44.6. The van der Waals surface area contributed by atoms with E-state index in [0.717, 1.165) is 18.7 Å². The molecule has 0 saturated carbocycles. The van der Waals surface area contributed by atoms with Crippen molar-refractivity contribution in [3.8, 4) is 12.3 Å². The van der Waals surface area contributed by atoms with E-state index in [4.69, 9.17) is 11.3 Å². The third-order valence-corrected chi connectivity index (χ3v) is 3.79. The van der Waals surface area contributed by atoms with E-state index in [9.17, 15) is 0 Å². The van der Waals surface area contributed by atoms with E-state index in [1.165, 1.54) is 25.9 Å². The molecule has 0 N–H and O–H groups in total. The third-order valence-electron chi connectivity index (χ3n) is 3.79. The quantitative estimate of drug-likeness (QED) is 0.529. The molecule has 0 aliphatic carbocycles. The molecule has 0 amide bonds. The summed E-state index contributed by atoms with van der Waals surface area (Å²) in [5.74, 6) is 3.27. The van der Waals surface area contributed by atoms with Crippen LogP contribution in [0.1, 0.15) is 19.3 Å². The maximum atomic E-state index is 5.62. The van der Waals surface area contributed by atoms with Crippen LogP contribution >= 0.6 is 0 Å². The summed E-state index contributed by atoms with van der Waals surface area (Å²) in [6, 6.07) is 0. The first-order chi connectivity index (χ1) is 6.82. The monoisotopic (exact) mass is 190 g/mol. The highest BCUT2D eigenvalue weighted by Crippen LogP contribution is 2.43. The van der Waals surface area contributed by atoms with Gasteiger partial charge in [-0.1, -0.05) is 11.1 Å². The topological polar surface area (TPSA) is 24.8 Å². The summed E-state index contributed by atoms with van der Waals surface area (Å²) in [5, 5.41) is 4.00. The molecule has 74 valence electrons. The molecule has 3 heteroatoms. The number of hydrogen-bond acceptors (Lipinski definition) is 3. The number of rotatable bonds is 0. The van der Waals surface area contributed by atoms with Crippen molar-refractivity contribution >= 4 is 5.71 Å². The molecule has 4 heterocycles. The van der Waals surface area contributed by atoms with Gasteiger partial charge in [0.15, 0.2) is 5.60 Å². The lowest BCUT2D eigenvalue weighted by atomic mass is 9.73. The molecular formula is C11H14N2O. The number of nitrogens with zero attached hydrogens (tertiary/aromatic N) is 2. The van der Waals surface area contributed by atoms with Crippen LogP contribution in [0.15, 0.2) is 5.16 Å². The van der Waals surface area contributed by atoms with Gasteiger partial charge in [-0.05, 0) is 25.9 Å². The molecule has 14 heavy (non-hydrogen) atoms. The van der Waals surface area contributed by atoms with Crippen LogP contribution in [0, 0.1) is 18.3 Å². The smallest absolute Gasteiger partial charge is 0.159 e. The van der Waals surface area contributed by atoms with Crippen LogP contribution in [0.25, 0.3) is 0 Å². The highest BCUT2D eigenvalue weighted by molar-refractivity contribution is 6.01. The Morgan fingerprint density at radius 1 is 1.50 bits per heavy atom. The van der Waals surface area contributed by atoms with E-state index >= 15 is 0 Å². The van der Waals surface area contributed by atoms with Crippen molar-refractivity contribution in [1.82, 2.24) is 4.90 Å². The highest BCUT2D eigenvalue weighted by atomic mass is 16.7. The molecule has 0 aromatic rings. The minimum atomic E-state index is -0.0573. The fourth-order valence-corrected chi connectivity index (χ4v) is 3.00. The van der Waals surface area contributed by atoms with Crippen LogP contribution in [-0.4, -0.2) is 35.8 Å². The molecule has 1 atom stereocenters. The van der Waals surface area contributed by atoms with Crippen molar-refractivity contribution in [2.45, 2.75) is 24.9 Å². The SMILES string of the molecule is C#CC1=NOC2(C1)CN1CCC2CC1. The Morgan fingerprint density at radius 2 is 2.29 bits per heavy atom. The van der Waals surface area contributed by atoms with E-state index in [2.05, 4.69) is 16.0 Å². The van der Waals surface area contributed by atoms with Gasteiger partial charge >= 0.3 is 0 Å². The third kappa shape index (κ3) is 1.01. The Bertz CT molecular complexity index is 323. The first-order valence-corrected chi connectivity index (χ1v) is 5.26. The minimum Gasteiger partial charge on any atom is -0.386 e. The van der Waals surface area contributed by atoms with Gasteiger partial charge in [-0.15, -0.1) is 6.42 Å². The van der Waals surface area contributed by atoms with Crippen molar-refractivity contribution in [2.75, 3.05) is 19.6 Å². The van der Waals surface area contributed by atoms with Crippen LogP contribution in [-0.2, 0) is 4.84 Å². The van der Waals surface area contributed by atoms with Crippen LogP contribution in [0.5, 0.6) is 0 Å². The molecule has 1 unspecified atom stereocenters. The summed E-state index contributed by atoms with van der Waals surface area (Å²) < 4.78 is 0. The Kier molecular flexibility index (Phi) is 1.63. The molecule has 0 aromatic carbocycles. The van der Waals surface area contributed by atoms with Crippen LogP contribution in [0.2, 0.25) is 0 Å². The van der Waals surface area contributed by atoms with Gasteiger partial charge < -0.3 is 4.84 Å². The molecule has 2 bridgehead atoms.